The molecule has 2 rings (SSSR count). The van der Waals surface area contributed by atoms with E-state index in [0.29, 0.717) is 12.3 Å². The van der Waals surface area contributed by atoms with Gasteiger partial charge in [-0.3, -0.25) is 4.79 Å². The van der Waals surface area contributed by atoms with Crippen LogP contribution in [-0.2, 0) is 4.79 Å². The van der Waals surface area contributed by atoms with Crippen LogP contribution in [0.15, 0.2) is 28.7 Å². The van der Waals surface area contributed by atoms with Gasteiger partial charge in [0.2, 0.25) is 5.91 Å². The van der Waals surface area contributed by atoms with Crippen molar-refractivity contribution in [3.63, 3.8) is 0 Å². The number of carbonyl (C=O) groups excluding carboxylic acids is 1. The number of likely N-dealkylation sites (tertiary alicyclic amines) is 1. The molecule has 1 aromatic carbocycles. The Morgan fingerprint density at radius 3 is 2.80 bits per heavy atom. The maximum absolute atomic E-state index is 12.3. The first-order valence-corrected chi connectivity index (χ1v) is 8.03. The van der Waals surface area contributed by atoms with Crippen molar-refractivity contribution in [1.82, 2.24) is 4.90 Å². The normalized spacial score (nSPS) is 20.1. The number of carbonyl (C=O) groups is 1. The molecular formula is C16H22BrNO2. The van der Waals surface area contributed by atoms with Gasteiger partial charge in [-0.15, -0.1) is 0 Å². The van der Waals surface area contributed by atoms with Gasteiger partial charge in [-0.05, 0) is 42.4 Å². The lowest BCUT2D eigenvalue weighted by Gasteiger charge is -2.19. The first-order valence-electron chi connectivity index (χ1n) is 7.24. The molecule has 0 saturated carbocycles. The van der Waals surface area contributed by atoms with Crippen molar-refractivity contribution >= 4 is 21.8 Å². The Hall–Kier alpha value is -0.870. The summed E-state index contributed by atoms with van der Waals surface area (Å²) >= 11 is 3.43. The molecule has 1 aliphatic heterocycles. The largest absolute Gasteiger partial charge is 0.396 e. The summed E-state index contributed by atoms with van der Waals surface area (Å²) in [5.41, 5.74) is 1.20. The van der Waals surface area contributed by atoms with Crippen LogP contribution in [0.4, 0.5) is 0 Å². The summed E-state index contributed by atoms with van der Waals surface area (Å²) in [7, 11) is 0. The molecule has 110 valence electrons. The Balaban J connectivity index is 1.86. The lowest BCUT2D eigenvalue weighted by atomic mass is 9.97. The minimum atomic E-state index is 0.224. The van der Waals surface area contributed by atoms with Gasteiger partial charge in [0.05, 0.1) is 0 Å². The minimum absolute atomic E-state index is 0.224. The molecular weight excluding hydrogens is 318 g/mol. The van der Waals surface area contributed by atoms with E-state index in [1.807, 2.05) is 17.0 Å². The minimum Gasteiger partial charge on any atom is -0.396 e. The zero-order chi connectivity index (χ0) is 14.5. The number of aliphatic hydroxyl groups excluding tert-OH is 1. The summed E-state index contributed by atoms with van der Waals surface area (Å²) in [6, 6.07) is 8.17. The molecule has 1 aliphatic rings. The summed E-state index contributed by atoms with van der Waals surface area (Å²) in [6.45, 7) is 3.98. The van der Waals surface area contributed by atoms with Gasteiger partial charge in [0.1, 0.15) is 0 Å². The number of halogens is 1. The van der Waals surface area contributed by atoms with Crippen LogP contribution in [0, 0.1) is 5.92 Å². The van der Waals surface area contributed by atoms with Gasteiger partial charge in [0.25, 0.3) is 0 Å². The fourth-order valence-electron chi connectivity index (χ4n) is 2.78. The van der Waals surface area contributed by atoms with Gasteiger partial charge in [-0.1, -0.05) is 35.0 Å². The van der Waals surface area contributed by atoms with Crippen molar-refractivity contribution in [1.29, 1.82) is 0 Å². The van der Waals surface area contributed by atoms with Gasteiger partial charge in [-0.25, -0.2) is 0 Å². The summed E-state index contributed by atoms with van der Waals surface area (Å²) in [4.78, 5) is 14.3. The van der Waals surface area contributed by atoms with E-state index in [1.54, 1.807) is 0 Å². The summed E-state index contributed by atoms with van der Waals surface area (Å²) < 4.78 is 1.06. The highest BCUT2D eigenvalue weighted by atomic mass is 79.9. The average molecular weight is 340 g/mol. The lowest BCUT2D eigenvalue weighted by Crippen LogP contribution is -2.29. The number of amides is 1. The standard InChI is InChI=1S/C16H22BrNO2/c1-12(14-2-4-15(17)5-3-14)10-16(20)18-8-6-13(11-18)7-9-19/h2-5,12-13,19H,6-11H2,1H3. The number of nitrogens with zero attached hydrogens (tertiary/aromatic N) is 1. The third-order valence-electron chi connectivity index (χ3n) is 4.10. The monoisotopic (exact) mass is 339 g/mol. The van der Waals surface area contributed by atoms with Gasteiger partial charge >= 0.3 is 0 Å². The molecule has 1 fully saturated rings. The lowest BCUT2D eigenvalue weighted by molar-refractivity contribution is -0.130. The first kappa shape index (κ1) is 15.5. The van der Waals surface area contributed by atoms with E-state index in [0.717, 1.165) is 30.4 Å². The molecule has 0 bridgehead atoms. The molecule has 1 aromatic rings. The topological polar surface area (TPSA) is 40.5 Å². The van der Waals surface area contributed by atoms with E-state index >= 15 is 0 Å². The van der Waals surface area contributed by atoms with Crippen LogP contribution >= 0.6 is 15.9 Å². The predicted molar refractivity (Wildman–Crippen MR) is 83.6 cm³/mol. The smallest absolute Gasteiger partial charge is 0.223 e. The van der Waals surface area contributed by atoms with Crippen LogP contribution < -0.4 is 0 Å². The summed E-state index contributed by atoms with van der Waals surface area (Å²) in [5, 5.41) is 8.96. The third kappa shape index (κ3) is 4.06. The van der Waals surface area contributed by atoms with Gasteiger partial charge < -0.3 is 10.0 Å². The second-order valence-electron chi connectivity index (χ2n) is 5.66. The molecule has 2 atom stereocenters. The summed E-state index contributed by atoms with van der Waals surface area (Å²) in [5.74, 6) is 0.959. The van der Waals surface area contributed by atoms with E-state index in [-0.39, 0.29) is 18.4 Å². The number of benzene rings is 1. The highest BCUT2D eigenvalue weighted by Crippen LogP contribution is 2.25. The van der Waals surface area contributed by atoms with Crippen LogP contribution in [0.2, 0.25) is 0 Å². The Bertz CT molecular complexity index is 446. The van der Waals surface area contributed by atoms with Crippen LogP contribution in [-0.4, -0.2) is 35.6 Å². The van der Waals surface area contributed by atoms with Gasteiger partial charge in [0, 0.05) is 30.6 Å². The molecule has 0 aliphatic carbocycles. The number of hydrogen-bond acceptors (Lipinski definition) is 2. The molecule has 4 heteroatoms. The molecule has 0 radical (unpaired) electrons. The van der Waals surface area contributed by atoms with E-state index < -0.39 is 0 Å². The Morgan fingerprint density at radius 2 is 2.15 bits per heavy atom. The third-order valence-corrected chi connectivity index (χ3v) is 4.62. The molecule has 0 aromatic heterocycles. The second kappa shape index (κ2) is 7.23. The Kier molecular flexibility index (Phi) is 5.61. The highest BCUT2D eigenvalue weighted by molar-refractivity contribution is 9.10. The first-order chi connectivity index (χ1) is 9.60. The van der Waals surface area contributed by atoms with E-state index in [2.05, 4.69) is 35.0 Å². The van der Waals surface area contributed by atoms with Gasteiger partial charge in [-0.2, -0.15) is 0 Å². The fraction of sp³-hybridized carbons (Fsp3) is 0.562. The van der Waals surface area contributed by atoms with Gasteiger partial charge in [0.15, 0.2) is 0 Å². The number of rotatable bonds is 5. The van der Waals surface area contributed by atoms with E-state index in [4.69, 9.17) is 5.11 Å². The maximum atomic E-state index is 12.3. The number of aliphatic hydroxyl groups is 1. The molecule has 1 heterocycles. The molecule has 1 amide bonds. The molecule has 20 heavy (non-hydrogen) atoms. The van der Waals surface area contributed by atoms with Crippen molar-refractivity contribution in [3.8, 4) is 0 Å². The zero-order valence-corrected chi connectivity index (χ0v) is 13.5. The van der Waals surface area contributed by atoms with Crippen LogP contribution in [0.3, 0.4) is 0 Å². The van der Waals surface area contributed by atoms with Crippen molar-refractivity contribution in [2.24, 2.45) is 5.92 Å². The Morgan fingerprint density at radius 1 is 1.45 bits per heavy atom. The van der Waals surface area contributed by atoms with Crippen LogP contribution in [0.5, 0.6) is 0 Å². The SMILES string of the molecule is CC(CC(=O)N1CCC(CCO)C1)c1ccc(Br)cc1. The van der Waals surface area contributed by atoms with Crippen molar-refractivity contribution in [3.05, 3.63) is 34.3 Å². The predicted octanol–water partition coefficient (Wildman–Crippen LogP) is 3.17. The molecule has 0 spiro atoms. The molecule has 3 nitrogen and oxygen atoms in total. The number of hydrogen-bond donors (Lipinski definition) is 1. The Labute approximate surface area is 129 Å². The quantitative estimate of drug-likeness (QED) is 0.894. The summed E-state index contributed by atoms with van der Waals surface area (Å²) in [6.07, 6.45) is 2.40. The maximum Gasteiger partial charge on any atom is 0.223 e. The molecule has 2 unspecified atom stereocenters. The molecule has 1 N–H and O–H groups in total. The van der Waals surface area contributed by atoms with Crippen LogP contribution in [0.25, 0.3) is 0 Å². The second-order valence-corrected chi connectivity index (χ2v) is 6.58. The van der Waals surface area contributed by atoms with Crippen molar-refractivity contribution in [2.45, 2.75) is 32.1 Å². The highest BCUT2D eigenvalue weighted by Gasteiger charge is 2.26. The van der Waals surface area contributed by atoms with Crippen molar-refractivity contribution < 1.29 is 9.90 Å². The van der Waals surface area contributed by atoms with Crippen molar-refractivity contribution in [2.75, 3.05) is 19.7 Å². The van der Waals surface area contributed by atoms with E-state index in [9.17, 15) is 4.79 Å². The molecule has 1 saturated heterocycles. The fourth-order valence-corrected chi connectivity index (χ4v) is 3.04. The van der Waals surface area contributed by atoms with E-state index in [1.165, 1.54) is 5.56 Å². The van der Waals surface area contributed by atoms with Crippen LogP contribution in [0.1, 0.15) is 37.7 Å². The average Bonchev–Trinajstić information content (AvgIpc) is 2.88. The zero-order valence-electron chi connectivity index (χ0n) is 11.9.